The third kappa shape index (κ3) is 6.58. The first-order chi connectivity index (χ1) is 19.0. The second kappa shape index (κ2) is 12.3. The number of methoxy groups -OCH3 is 1. The molecule has 0 atom stereocenters. The van der Waals surface area contributed by atoms with Gasteiger partial charge in [-0.15, -0.1) is 5.10 Å². The molecule has 1 fully saturated rings. The summed E-state index contributed by atoms with van der Waals surface area (Å²) in [6.45, 7) is 2.79. The van der Waals surface area contributed by atoms with Crippen LogP contribution in [-0.4, -0.2) is 76.0 Å². The van der Waals surface area contributed by atoms with Crippen molar-refractivity contribution in [1.29, 1.82) is 0 Å². The molecule has 1 saturated heterocycles. The Bertz CT molecular complexity index is 1420. The molecule has 1 N–H and O–H groups in total. The van der Waals surface area contributed by atoms with Crippen LogP contribution in [0.2, 0.25) is 0 Å². The van der Waals surface area contributed by atoms with Crippen molar-refractivity contribution < 1.29 is 14.3 Å². The molecule has 200 valence electrons. The molecule has 12 heteroatoms. The summed E-state index contributed by atoms with van der Waals surface area (Å²) in [5, 5.41) is 15.2. The third-order valence-electron chi connectivity index (χ3n) is 6.26. The lowest BCUT2D eigenvalue weighted by Crippen LogP contribution is -2.48. The summed E-state index contributed by atoms with van der Waals surface area (Å²) in [7, 11) is 1.61. The lowest BCUT2D eigenvalue weighted by Gasteiger charge is -2.36. The first-order valence-electron chi connectivity index (χ1n) is 12.3. The van der Waals surface area contributed by atoms with Gasteiger partial charge in [0.25, 0.3) is 5.91 Å². The molecule has 10 nitrogen and oxygen atoms in total. The van der Waals surface area contributed by atoms with E-state index in [-0.39, 0.29) is 17.6 Å². The van der Waals surface area contributed by atoms with Crippen LogP contribution in [0.3, 0.4) is 0 Å². The Morgan fingerprint density at radius 3 is 2.26 bits per heavy atom. The van der Waals surface area contributed by atoms with E-state index in [0.717, 1.165) is 34.7 Å². The summed E-state index contributed by atoms with van der Waals surface area (Å²) in [6, 6.07) is 22.5. The Hall–Kier alpha value is -3.90. The van der Waals surface area contributed by atoms with Gasteiger partial charge in [-0.2, -0.15) is 4.68 Å². The van der Waals surface area contributed by atoms with Crippen molar-refractivity contribution in [2.75, 3.05) is 49.3 Å². The quantitative estimate of drug-likeness (QED) is 0.298. The fourth-order valence-corrected chi connectivity index (χ4v) is 5.14. The lowest BCUT2D eigenvalue weighted by atomic mass is 10.1. The average Bonchev–Trinajstić information content (AvgIpc) is 3.45. The Kier molecular flexibility index (Phi) is 8.42. The minimum atomic E-state index is -0.155. The summed E-state index contributed by atoms with van der Waals surface area (Å²) in [6.07, 6.45) is 0. The number of aromatic nitrogens is 4. The summed E-state index contributed by atoms with van der Waals surface area (Å²) in [5.74, 6) is 0.792. The molecular formula is C27H26BrN7O3S. The summed E-state index contributed by atoms with van der Waals surface area (Å²) >= 11 is 4.66. The van der Waals surface area contributed by atoms with Crippen LogP contribution in [-0.2, 0) is 4.79 Å². The van der Waals surface area contributed by atoms with Crippen LogP contribution < -0.4 is 15.0 Å². The van der Waals surface area contributed by atoms with E-state index in [1.165, 1.54) is 11.8 Å². The highest BCUT2D eigenvalue weighted by Gasteiger charge is 2.22. The molecule has 0 radical (unpaired) electrons. The van der Waals surface area contributed by atoms with E-state index >= 15 is 0 Å². The van der Waals surface area contributed by atoms with Crippen molar-refractivity contribution in [2.24, 2.45) is 0 Å². The van der Waals surface area contributed by atoms with E-state index in [0.29, 0.717) is 29.5 Å². The van der Waals surface area contributed by atoms with Crippen molar-refractivity contribution in [3.63, 3.8) is 0 Å². The van der Waals surface area contributed by atoms with Crippen LogP contribution in [0.1, 0.15) is 10.4 Å². The fraction of sp³-hybridized carbons (Fsp3) is 0.222. The number of tetrazole rings is 1. The van der Waals surface area contributed by atoms with E-state index in [1.807, 2.05) is 77.7 Å². The topological polar surface area (TPSA) is 105 Å². The maximum absolute atomic E-state index is 12.8. The molecular weight excluding hydrogens is 582 g/mol. The number of hydrogen-bond donors (Lipinski definition) is 1. The predicted octanol–water partition coefficient (Wildman–Crippen LogP) is 4.13. The number of hydrogen-bond acceptors (Lipinski definition) is 8. The van der Waals surface area contributed by atoms with Crippen LogP contribution in [0.5, 0.6) is 5.75 Å². The van der Waals surface area contributed by atoms with Crippen LogP contribution in [0.25, 0.3) is 5.69 Å². The van der Waals surface area contributed by atoms with Gasteiger partial charge >= 0.3 is 0 Å². The number of nitrogens with one attached hydrogen (secondary N) is 1. The number of piperazine rings is 1. The van der Waals surface area contributed by atoms with Crippen molar-refractivity contribution in [3.8, 4) is 11.4 Å². The minimum Gasteiger partial charge on any atom is -0.497 e. The molecule has 0 saturated carbocycles. The largest absolute Gasteiger partial charge is 0.497 e. The monoisotopic (exact) mass is 607 g/mol. The van der Waals surface area contributed by atoms with Gasteiger partial charge in [-0.1, -0.05) is 27.7 Å². The van der Waals surface area contributed by atoms with Crippen molar-refractivity contribution in [3.05, 3.63) is 82.8 Å². The maximum Gasteiger partial charge on any atom is 0.253 e. The maximum atomic E-state index is 12.8. The summed E-state index contributed by atoms with van der Waals surface area (Å²) in [5.41, 5.74) is 3.24. The Morgan fingerprint density at radius 1 is 0.923 bits per heavy atom. The van der Waals surface area contributed by atoms with Crippen LogP contribution >= 0.6 is 27.7 Å². The van der Waals surface area contributed by atoms with E-state index in [9.17, 15) is 9.59 Å². The van der Waals surface area contributed by atoms with Crippen molar-refractivity contribution in [1.82, 2.24) is 25.1 Å². The first kappa shape index (κ1) is 26.7. The number of amides is 2. The Labute approximate surface area is 238 Å². The van der Waals surface area contributed by atoms with Crippen LogP contribution in [0.4, 0.5) is 11.4 Å². The highest BCUT2D eigenvalue weighted by molar-refractivity contribution is 9.10. The molecule has 1 aliphatic heterocycles. The van der Waals surface area contributed by atoms with Gasteiger partial charge in [-0.3, -0.25) is 9.59 Å². The molecule has 0 unspecified atom stereocenters. The van der Waals surface area contributed by atoms with Gasteiger partial charge in [0.15, 0.2) is 0 Å². The highest BCUT2D eigenvalue weighted by atomic mass is 79.9. The van der Waals surface area contributed by atoms with Gasteiger partial charge in [0.1, 0.15) is 5.75 Å². The highest BCUT2D eigenvalue weighted by Crippen LogP contribution is 2.23. The van der Waals surface area contributed by atoms with E-state index in [2.05, 4.69) is 41.7 Å². The van der Waals surface area contributed by atoms with E-state index in [1.54, 1.807) is 11.8 Å². The number of carbonyl (C=O) groups excluding carboxylic acids is 2. The minimum absolute atomic E-state index is 0.0520. The zero-order valence-corrected chi connectivity index (χ0v) is 23.6. The number of benzene rings is 3. The fourth-order valence-electron chi connectivity index (χ4n) is 4.18. The molecule has 4 aromatic rings. The molecule has 0 aliphatic carbocycles. The summed E-state index contributed by atoms with van der Waals surface area (Å²) in [4.78, 5) is 29.5. The number of rotatable bonds is 8. The van der Waals surface area contributed by atoms with Gasteiger partial charge in [0.2, 0.25) is 11.1 Å². The molecule has 0 spiro atoms. The molecule has 2 heterocycles. The number of anilines is 2. The number of carbonyl (C=O) groups is 2. The number of halogens is 1. The standard InChI is InChI=1S/C27H26BrN7O3S/c1-38-24-12-10-23(11-13-24)35-27(30-31-32-35)39-18-25(36)29-21-6-8-22(9-7-21)33-14-16-34(17-15-33)26(37)19-2-4-20(28)5-3-19/h2-13H,14-18H2,1H3,(H,29,36). The third-order valence-corrected chi connectivity index (χ3v) is 7.71. The molecule has 0 bridgehead atoms. The second-order valence-corrected chi connectivity index (χ2v) is 10.6. The van der Waals surface area contributed by atoms with Gasteiger partial charge in [0, 0.05) is 47.6 Å². The zero-order chi connectivity index (χ0) is 27.2. The first-order valence-corrected chi connectivity index (χ1v) is 14.0. The zero-order valence-electron chi connectivity index (χ0n) is 21.2. The smallest absolute Gasteiger partial charge is 0.253 e. The van der Waals surface area contributed by atoms with Crippen LogP contribution in [0, 0.1) is 0 Å². The van der Waals surface area contributed by atoms with E-state index < -0.39 is 0 Å². The summed E-state index contributed by atoms with van der Waals surface area (Å²) < 4.78 is 7.72. The number of nitrogens with zero attached hydrogens (tertiary/aromatic N) is 6. The van der Waals surface area contributed by atoms with Gasteiger partial charge in [-0.25, -0.2) is 0 Å². The Morgan fingerprint density at radius 2 is 1.59 bits per heavy atom. The predicted molar refractivity (Wildman–Crippen MR) is 154 cm³/mol. The lowest BCUT2D eigenvalue weighted by molar-refractivity contribution is -0.113. The van der Waals surface area contributed by atoms with Crippen molar-refractivity contribution >= 4 is 50.9 Å². The average molecular weight is 609 g/mol. The molecule has 5 rings (SSSR count). The molecule has 1 aromatic heterocycles. The number of thioether (sulfide) groups is 1. The molecule has 2 amide bonds. The van der Waals surface area contributed by atoms with Crippen molar-refractivity contribution in [2.45, 2.75) is 5.16 Å². The van der Waals surface area contributed by atoms with Gasteiger partial charge in [-0.05, 0) is 83.2 Å². The van der Waals surface area contributed by atoms with Crippen LogP contribution in [0.15, 0.2) is 82.4 Å². The SMILES string of the molecule is COc1ccc(-n2nnnc2SCC(=O)Nc2ccc(N3CCN(C(=O)c4ccc(Br)cc4)CC3)cc2)cc1. The Balaban J connectivity index is 1.10. The molecule has 39 heavy (non-hydrogen) atoms. The van der Waals surface area contributed by atoms with Gasteiger partial charge in [0.05, 0.1) is 18.6 Å². The van der Waals surface area contributed by atoms with Gasteiger partial charge < -0.3 is 19.9 Å². The molecule has 3 aromatic carbocycles. The number of ether oxygens (including phenoxy) is 1. The van der Waals surface area contributed by atoms with E-state index in [4.69, 9.17) is 4.74 Å². The normalized spacial score (nSPS) is 13.3. The second-order valence-electron chi connectivity index (χ2n) is 8.74. The molecule has 1 aliphatic rings.